The van der Waals surface area contributed by atoms with Gasteiger partial charge in [-0.15, -0.1) is 0 Å². The molecule has 0 aliphatic heterocycles. The van der Waals surface area contributed by atoms with Gasteiger partial charge in [0.25, 0.3) is 5.91 Å². The van der Waals surface area contributed by atoms with Gasteiger partial charge in [-0.25, -0.2) is 0 Å². The lowest BCUT2D eigenvalue weighted by atomic mass is 10.1. The second kappa shape index (κ2) is 8.39. The van der Waals surface area contributed by atoms with Crippen molar-refractivity contribution in [1.82, 2.24) is 4.90 Å². The zero-order valence-electron chi connectivity index (χ0n) is 15.1. The van der Waals surface area contributed by atoms with Gasteiger partial charge in [0.15, 0.2) is 0 Å². The number of nitrogens with zero attached hydrogens (tertiary/aromatic N) is 1. The zero-order chi connectivity index (χ0) is 18.4. The van der Waals surface area contributed by atoms with Crippen LogP contribution < -0.4 is 4.74 Å². The van der Waals surface area contributed by atoms with Gasteiger partial charge in [0.05, 0.1) is 25.0 Å². The molecule has 3 aromatic rings. The maximum Gasteiger partial charge on any atom is 0.258 e. The molecule has 2 aromatic carbocycles. The van der Waals surface area contributed by atoms with Crippen LogP contribution in [0.3, 0.4) is 0 Å². The number of hydrogen-bond acceptors (Lipinski definition) is 3. The summed E-state index contributed by atoms with van der Waals surface area (Å²) in [6, 6.07) is 19.3. The number of rotatable bonds is 7. The highest BCUT2D eigenvalue weighted by Gasteiger charge is 2.21. The van der Waals surface area contributed by atoms with Gasteiger partial charge in [-0.05, 0) is 43.7 Å². The summed E-state index contributed by atoms with van der Waals surface area (Å²) < 4.78 is 11.1. The highest BCUT2D eigenvalue weighted by molar-refractivity contribution is 5.96. The first-order valence-electron chi connectivity index (χ1n) is 8.76. The van der Waals surface area contributed by atoms with Crippen molar-refractivity contribution in [3.63, 3.8) is 0 Å². The Hall–Kier alpha value is -3.01. The molecule has 0 atom stereocenters. The van der Waals surface area contributed by atoms with Gasteiger partial charge < -0.3 is 14.1 Å². The van der Waals surface area contributed by atoms with Gasteiger partial charge in [0.2, 0.25) is 0 Å². The van der Waals surface area contributed by atoms with E-state index < -0.39 is 0 Å². The first kappa shape index (κ1) is 17.8. The van der Waals surface area contributed by atoms with Gasteiger partial charge in [-0.2, -0.15) is 0 Å². The van der Waals surface area contributed by atoms with Crippen LogP contribution >= 0.6 is 0 Å². The molecule has 0 bridgehead atoms. The molecule has 26 heavy (non-hydrogen) atoms. The van der Waals surface area contributed by atoms with E-state index in [1.807, 2.05) is 56.3 Å². The first-order valence-corrected chi connectivity index (χ1v) is 8.76. The highest BCUT2D eigenvalue weighted by atomic mass is 16.5. The molecule has 0 unspecified atom stereocenters. The molecule has 4 heteroatoms. The highest BCUT2D eigenvalue weighted by Crippen LogP contribution is 2.22. The van der Waals surface area contributed by atoms with E-state index in [-0.39, 0.29) is 5.91 Å². The van der Waals surface area contributed by atoms with Gasteiger partial charge in [0.1, 0.15) is 11.5 Å². The minimum Gasteiger partial charge on any atom is -0.493 e. The Kier molecular flexibility index (Phi) is 5.74. The number of amides is 1. The number of aryl methyl sites for hydroxylation is 1. The number of carbonyl (C=O) groups excluding carboxylic acids is 1. The van der Waals surface area contributed by atoms with E-state index in [0.717, 1.165) is 11.3 Å². The average molecular weight is 349 g/mol. The third-order valence-electron chi connectivity index (χ3n) is 4.13. The molecule has 0 aliphatic rings. The molecule has 134 valence electrons. The van der Waals surface area contributed by atoms with Crippen LogP contribution in [0.15, 0.2) is 71.3 Å². The van der Waals surface area contributed by atoms with Crippen molar-refractivity contribution < 1.29 is 13.9 Å². The van der Waals surface area contributed by atoms with Crippen LogP contribution in [-0.4, -0.2) is 17.4 Å². The number of benzene rings is 2. The summed E-state index contributed by atoms with van der Waals surface area (Å²) in [7, 11) is 0. The SMILES string of the molecule is CCOc1ccccc1C(=O)N(Cc1ccc(C)cc1)Cc1ccco1. The molecule has 1 amide bonds. The van der Waals surface area contributed by atoms with Crippen molar-refractivity contribution >= 4 is 5.91 Å². The van der Waals surface area contributed by atoms with Crippen LogP contribution in [-0.2, 0) is 13.1 Å². The van der Waals surface area contributed by atoms with Crippen molar-refractivity contribution in [2.75, 3.05) is 6.61 Å². The van der Waals surface area contributed by atoms with E-state index >= 15 is 0 Å². The van der Waals surface area contributed by atoms with Crippen molar-refractivity contribution in [3.8, 4) is 5.75 Å². The van der Waals surface area contributed by atoms with Gasteiger partial charge in [0, 0.05) is 6.54 Å². The Morgan fingerprint density at radius 3 is 2.46 bits per heavy atom. The Bertz CT molecular complexity index is 838. The molecule has 0 saturated carbocycles. The number of para-hydroxylation sites is 1. The lowest BCUT2D eigenvalue weighted by molar-refractivity contribution is 0.0713. The van der Waals surface area contributed by atoms with E-state index in [0.29, 0.717) is 31.0 Å². The lowest BCUT2D eigenvalue weighted by Gasteiger charge is -2.23. The fraction of sp³-hybridized carbons (Fsp3) is 0.227. The van der Waals surface area contributed by atoms with E-state index in [9.17, 15) is 4.79 Å². The van der Waals surface area contributed by atoms with Crippen LogP contribution in [0, 0.1) is 6.92 Å². The van der Waals surface area contributed by atoms with Crippen LogP contribution in [0.5, 0.6) is 5.75 Å². The molecule has 4 nitrogen and oxygen atoms in total. The second-order valence-electron chi connectivity index (χ2n) is 6.16. The molecule has 0 saturated heterocycles. The largest absolute Gasteiger partial charge is 0.493 e. The van der Waals surface area contributed by atoms with Gasteiger partial charge in [-0.3, -0.25) is 4.79 Å². The monoisotopic (exact) mass is 349 g/mol. The number of ether oxygens (including phenoxy) is 1. The first-order chi connectivity index (χ1) is 12.7. The number of furan rings is 1. The minimum absolute atomic E-state index is 0.0778. The quantitative estimate of drug-likeness (QED) is 0.613. The molecule has 0 aliphatic carbocycles. The summed E-state index contributed by atoms with van der Waals surface area (Å²) in [6.45, 7) is 5.38. The van der Waals surface area contributed by atoms with Crippen LogP contribution in [0.25, 0.3) is 0 Å². The Morgan fingerprint density at radius 1 is 1.00 bits per heavy atom. The van der Waals surface area contributed by atoms with Gasteiger partial charge >= 0.3 is 0 Å². The maximum atomic E-state index is 13.2. The predicted octanol–water partition coefficient (Wildman–Crippen LogP) is 4.83. The van der Waals surface area contributed by atoms with E-state index in [1.54, 1.807) is 17.2 Å². The maximum absolute atomic E-state index is 13.2. The summed E-state index contributed by atoms with van der Waals surface area (Å²) in [5.41, 5.74) is 2.83. The number of hydrogen-bond donors (Lipinski definition) is 0. The van der Waals surface area contributed by atoms with E-state index in [4.69, 9.17) is 9.15 Å². The number of carbonyl (C=O) groups is 1. The molecule has 1 heterocycles. The molecular formula is C22H23NO3. The summed E-state index contributed by atoms with van der Waals surface area (Å²) in [5, 5.41) is 0. The molecule has 0 spiro atoms. The second-order valence-corrected chi connectivity index (χ2v) is 6.16. The summed E-state index contributed by atoms with van der Waals surface area (Å²) in [4.78, 5) is 15.0. The van der Waals surface area contributed by atoms with Crippen molar-refractivity contribution in [3.05, 3.63) is 89.4 Å². The molecular weight excluding hydrogens is 326 g/mol. The molecule has 0 N–H and O–H groups in total. The van der Waals surface area contributed by atoms with Crippen LogP contribution in [0.2, 0.25) is 0 Å². The third-order valence-corrected chi connectivity index (χ3v) is 4.13. The Morgan fingerprint density at radius 2 is 1.77 bits per heavy atom. The van der Waals surface area contributed by atoms with Crippen molar-refractivity contribution in [1.29, 1.82) is 0 Å². The third kappa shape index (κ3) is 4.33. The Balaban J connectivity index is 1.89. The summed E-state index contributed by atoms with van der Waals surface area (Å²) >= 11 is 0. The van der Waals surface area contributed by atoms with Gasteiger partial charge in [-0.1, -0.05) is 42.0 Å². The summed E-state index contributed by atoms with van der Waals surface area (Å²) in [5.74, 6) is 1.28. The minimum atomic E-state index is -0.0778. The molecule has 0 fully saturated rings. The molecule has 1 aromatic heterocycles. The average Bonchev–Trinajstić information content (AvgIpc) is 3.16. The normalized spacial score (nSPS) is 10.5. The predicted molar refractivity (Wildman–Crippen MR) is 101 cm³/mol. The van der Waals surface area contributed by atoms with Crippen LogP contribution in [0.4, 0.5) is 0 Å². The fourth-order valence-electron chi connectivity index (χ4n) is 2.80. The molecule has 0 radical (unpaired) electrons. The topological polar surface area (TPSA) is 42.7 Å². The standard InChI is InChI=1S/C22H23NO3/c1-3-25-21-9-5-4-8-20(21)22(24)23(16-19-7-6-14-26-19)15-18-12-10-17(2)11-13-18/h4-14H,3,15-16H2,1-2H3. The van der Waals surface area contributed by atoms with Crippen molar-refractivity contribution in [2.24, 2.45) is 0 Å². The van der Waals surface area contributed by atoms with E-state index in [2.05, 4.69) is 12.1 Å². The zero-order valence-corrected chi connectivity index (χ0v) is 15.1. The van der Waals surface area contributed by atoms with Crippen LogP contribution in [0.1, 0.15) is 34.2 Å². The van der Waals surface area contributed by atoms with E-state index in [1.165, 1.54) is 5.56 Å². The van der Waals surface area contributed by atoms with Crippen molar-refractivity contribution in [2.45, 2.75) is 26.9 Å². The Labute approximate surface area is 154 Å². The summed E-state index contributed by atoms with van der Waals surface area (Å²) in [6.07, 6.45) is 1.62. The molecule has 3 rings (SSSR count). The lowest BCUT2D eigenvalue weighted by Crippen LogP contribution is -2.30. The fourth-order valence-corrected chi connectivity index (χ4v) is 2.80. The smallest absolute Gasteiger partial charge is 0.258 e.